The van der Waals surface area contributed by atoms with Crippen molar-refractivity contribution in [3.8, 4) is 0 Å². The summed E-state index contributed by atoms with van der Waals surface area (Å²) in [6.45, 7) is 4.62. The second-order valence-electron chi connectivity index (χ2n) is 6.11. The molecule has 0 aromatic heterocycles. The minimum Gasteiger partial charge on any atom is -0.480 e. The van der Waals surface area contributed by atoms with Gasteiger partial charge in [-0.2, -0.15) is 0 Å². The summed E-state index contributed by atoms with van der Waals surface area (Å²) in [6.07, 6.45) is 6.37. The Bertz CT molecular complexity index is 308. The van der Waals surface area contributed by atoms with Gasteiger partial charge in [0, 0.05) is 6.04 Å². The number of nitrogens with one attached hydrogen (secondary N) is 1. The van der Waals surface area contributed by atoms with Crippen LogP contribution in [0, 0.1) is 5.92 Å². The fourth-order valence-corrected chi connectivity index (χ4v) is 3.51. The van der Waals surface area contributed by atoms with E-state index in [-0.39, 0.29) is 0 Å². The number of hydrogen-bond acceptors (Lipinski definition) is 3. The molecule has 0 radical (unpaired) electrons. The van der Waals surface area contributed by atoms with E-state index in [0.29, 0.717) is 6.04 Å². The first-order valence-electron chi connectivity index (χ1n) is 7.24. The van der Waals surface area contributed by atoms with Crippen molar-refractivity contribution in [3.63, 3.8) is 0 Å². The highest BCUT2D eigenvalue weighted by Gasteiger charge is 2.45. The highest BCUT2D eigenvalue weighted by Crippen LogP contribution is 2.34. The van der Waals surface area contributed by atoms with Gasteiger partial charge in [0.1, 0.15) is 5.54 Å². The normalized spacial score (nSPS) is 38.6. The fraction of sp³-hybridized carbons (Fsp3) is 0.929. The van der Waals surface area contributed by atoms with E-state index in [9.17, 15) is 9.90 Å². The molecule has 1 saturated heterocycles. The lowest BCUT2D eigenvalue weighted by atomic mass is 9.98. The number of carboxylic acids is 1. The Kier molecular flexibility index (Phi) is 4.28. The Morgan fingerprint density at radius 2 is 2.11 bits per heavy atom. The van der Waals surface area contributed by atoms with Gasteiger partial charge < -0.3 is 15.3 Å². The molecule has 0 aromatic carbocycles. The smallest absolute Gasteiger partial charge is 0.323 e. The lowest BCUT2D eigenvalue weighted by Gasteiger charge is -2.29. The second kappa shape index (κ2) is 5.57. The summed E-state index contributed by atoms with van der Waals surface area (Å²) in [4.78, 5) is 14.0. The number of likely N-dealkylation sites (N-methyl/N-ethyl adjacent to an activating group) is 1. The Labute approximate surface area is 110 Å². The molecule has 3 unspecified atom stereocenters. The highest BCUT2D eigenvalue weighted by molar-refractivity contribution is 5.79. The van der Waals surface area contributed by atoms with E-state index in [2.05, 4.69) is 17.1 Å². The summed E-state index contributed by atoms with van der Waals surface area (Å²) < 4.78 is 0. The number of carboxylic acid groups (broad SMARTS) is 1. The topological polar surface area (TPSA) is 52.6 Å². The van der Waals surface area contributed by atoms with Crippen LogP contribution in [-0.2, 0) is 4.79 Å². The third-order valence-corrected chi connectivity index (χ3v) is 4.94. The van der Waals surface area contributed by atoms with E-state index in [1.807, 2.05) is 0 Å². The Morgan fingerprint density at radius 3 is 2.72 bits per heavy atom. The van der Waals surface area contributed by atoms with Gasteiger partial charge in [0.15, 0.2) is 0 Å². The van der Waals surface area contributed by atoms with Crippen LogP contribution in [0.1, 0.15) is 45.4 Å². The van der Waals surface area contributed by atoms with E-state index in [0.717, 1.165) is 38.3 Å². The van der Waals surface area contributed by atoms with Crippen LogP contribution in [0.5, 0.6) is 0 Å². The van der Waals surface area contributed by atoms with Gasteiger partial charge in [-0.15, -0.1) is 0 Å². The summed E-state index contributed by atoms with van der Waals surface area (Å²) in [5.74, 6) is 0.139. The van der Waals surface area contributed by atoms with Crippen LogP contribution in [0.15, 0.2) is 0 Å². The number of likely N-dealkylation sites (tertiary alicyclic amines) is 1. The predicted molar refractivity (Wildman–Crippen MR) is 71.7 cm³/mol. The van der Waals surface area contributed by atoms with Crippen LogP contribution >= 0.6 is 0 Å². The van der Waals surface area contributed by atoms with Crippen molar-refractivity contribution in [1.82, 2.24) is 10.2 Å². The molecule has 1 aliphatic heterocycles. The first-order chi connectivity index (χ1) is 8.57. The van der Waals surface area contributed by atoms with Crippen molar-refractivity contribution < 1.29 is 9.90 Å². The van der Waals surface area contributed by atoms with Crippen LogP contribution in [0.2, 0.25) is 0 Å². The van der Waals surface area contributed by atoms with Crippen molar-refractivity contribution in [1.29, 1.82) is 0 Å². The van der Waals surface area contributed by atoms with Crippen molar-refractivity contribution in [2.75, 3.05) is 20.1 Å². The molecule has 18 heavy (non-hydrogen) atoms. The number of carbonyl (C=O) groups is 1. The van der Waals surface area contributed by atoms with Gasteiger partial charge in [-0.1, -0.05) is 6.92 Å². The van der Waals surface area contributed by atoms with E-state index in [1.165, 1.54) is 19.3 Å². The number of nitrogens with zero attached hydrogens (tertiary/aromatic N) is 1. The molecule has 2 rings (SSSR count). The van der Waals surface area contributed by atoms with Crippen LogP contribution in [0.25, 0.3) is 0 Å². The van der Waals surface area contributed by atoms with Gasteiger partial charge in [0.25, 0.3) is 0 Å². The zero-order valence-corrected chi connectivity index (χ0v) is 11.6. The van der Waals surface area contributed by atoms with Crippen LogP contribution < -0.4 is 5.32 Å². The Hall–Kier alpha value is -0.610. The average molecular weight is 254 g/mol. The van der Waals surface area contributed by atoms with Crippen molar-refractivity contribution in [3.05, 3.63) is 0 Å². The first kappa shape index (κ1) is 13.8. The fourth-order valence-electron chi connectivity index (χ4n) is 3.51. The number of aliphatic carboxylic acids is 1. The molecule has 104 valence electrons. The quantitative estimate of drug-likeness (QED) is 0.805. The Balaban J connectivity index is 1.97. The van der Waals surface area contributed by atoms with E-state index >= 15 is 0 Å². The van der Waals surface area contributed by atoms with Crippen molar-refractivity contribution in [2.45, 2.75) is 57.0 Å². The third kappa shape index (κ3) is 2.69. The van der Waals surface area contributed by atoms with Gasteiger partial charge in [0.05, 0.1) is 0 Å². The van der Waals surface area contributed by atoms with Gasteiger partial charge in [-0.25, -0.2) is 0 Å². The molecule has 3 atom stereocenters. The van der Waals surface area contributed by atoms with E-state index in [4.69, 9.17) is 0 Å². The Morgan fingerprint density at radius 1 is 1.33 bits per heavy atom. The standard InChI is InChI=1S/C14H26N2O2/c1-11-4-3-8-16(9-6-11)12-5-7-14(10-12,15-2)13(17)18/h11-12,15H,3-10H2,1-2H3,(H,17,18). The van der Waals surface area contributed by atoms with Crippen molar-refractivity contribution in [2.24, 2.45) is 5.92 Å². The highest BCUT2D eigenvalue weighted by atomic mass is 16.4. The molecule has 1 aliphatic carbocycles. The summed E-state index contributed by atoms with van der Waals surface area (Å²) in [7, 11) is 1.78. The average Bonchev–Trinajstić information content (AvgIpc) is 2.68. The predicted octanol–water partition coefficient (Wildman–Crippen LogP) is 1.70. The maximum absolute atomic E-state index is 11.4. The van der Waals surface area contributed by atoms with Crippen LogP contribution in [0.4, 0.5) is 0 Å². The zero-order chi connectivity index (χ0) is 13.2. The lowest BCUT2D eigenvalue weighted by Crippen LogP contribution is -2.49. The molecule has 0 spiro atoms. The van der Waals surface area contributed by atoms with Gasteiger partial charge >= 0.3 is 5.97 Å². The molecule has 0 aromatic rings. The number of rotatable bonds is 3. The van der Waals surface area contributed by atoms with Gasteiger partial charge in [-0.3, -0.25) is 4.79 Å². The maximum atomic E-state index is 11.4. The molecular formula is C14H26N2O2. The molecule has 4 heteroatoms. The van der Waals surface area contributed by atoms with E-state index in [1.54, 1.807) is 7.05 Å². The lowest BCUT2D eigenvalue weighted by molar-refractivity contribution is -0.144. The van der Waals surface area contributed by atoms with Gasteiger partial charge in [0.2, 0.25) is 0 Å². The molecule has 4 nitrogen and oxygen atoms in total. The summed E-state index contributed by atoms with van der Waals surface area (Å²) in [5.41, 5.74) is -0.678. The third-order valence-electron chi connectivity index (χ3n) is 4.94. The molecule has 0 amide bonds. The van der Waals surface area contributed by atoms with Crippen molar-refractivity contribution >= 4 is 5.97 Å². The largest absolute Gasteiger partial charge is 0.480 e. The van der Waals surface area contributed by atoms with Gasteiger partial charge in [-0.05, 0) is 64.6 Å². The molecule has 2 aliphatic rings. The minimum atomic E-state index is -0.685. The maximum Gasteiger partial charge on any atom is 0.323 e. The summed E-state index contributed by atoms with van der Waals surface area (Å²) in [6, 6.07) is 0.457. The molecule has 0 bridgehead atoms. The van der Waals surface area contributed by atoms with Crippen LogP contribution in [0.3, 0.4) is 0 Å². The molecule has 1 saturated carbocycles. The summed E-state index contributed by atoms with van der Waals surface area (Å²) >= 11 is 0. The second-order valence-corrected chi connectivity index (χ2v) is 6.11. The zero-order valence-electron chi connectivity index (χ0n) is 11.6. The SMILES string of the molecule is CNC1(C(=O)O)CCC(N2CCCC(C)CC2)C1. The molecule has 2 fully saturated rings. The van der Waals surface area contributed by atoms with E-state index < -0.39 is 11.5 Å². The molecule has 2 N–H and O–H groups in total. The minimum absolute atomic E-state index is 0.457. The van der Waals surface area contributed by atoms with Crippen LogP contribution in [-0.4, -0.2) is 47.7 Å². The monoisotopic (exact) mass is 254 g/mol. The first-order valence-corrected chi connectivity index (χ1v) is 7.24. The number of hydrogen-bond donors (Lipinski definition) is 2. The molecular weight excluding hydrogens is 228 g/mol. The molecule has 1 heterocycles. The summed E-state index contributed by atoms with van der Waals surface area (Å²) in [5, 5.41) is 12.4.